The zero-order valence-corrected chi connectivity index (χ0v) is 11.4. The molecule has 0 aliphatic rings. The Morgan fingerprint density at radius 3 is 2.55 bits per heavy atom. The van der Waals surface area contributed by atoms with Crippen molar-refractivity contribution in [2.45, 2.75) is 0 Å². The van der Waals surface area contributed by atoms with Gasteiger partial charge in [-0.05, 0) is 42.0 Å². The molecule has 3 aromatic rings. The smallest absolute Gasteiger partial charge is 0.322 e. The van der Waals surface area contributed by atoms with Gasteiger partial charge in [0.15, 0.2) is 0 Å². The van der Waals surface area contributed by atoms with Crippen LogP contribution in [0.5, 0.6) is 0 Å². The fourth-order valence-corrected chi connectivity index (χ4v) is 2.04. The molecule has 1 amide bonds. The van der Waals surface area contributed by atoms with Gasteiger partial charge < -0.3 is 15.3 Å². The average Bonchev–Trinajstić information content (AvgIpc) is 2.86. The van der Waals surface area contributed by atoms with Gasteiger partial charge >= 0.3 is 5.69 Å². The van der Waals surface area contributed by atoms with Crippen LogP contribution in [-0.2, 0) is 4.79 Å². The first-order valence-electron chi connectivity index (χ1n) is 6.57. The van der Waals surface area contributed by atoms with Crippen LogP contribution < -0.4 is 11.0 Å². The highest BCUT2D eigenvalue weighted by Gasteiger charge is 2.02. The zero-order valence-electron chi connectivity index (χ0n) is 11.4. The van der Waals surface area contributed by atoms with Crippen LogP contribution in [0.1, 0.15) is 5.56 Å². The van der Waals surface area contributed by atoms with E-state index in [0.29, 0.717) is 16.7 Å². The number of carbonyl (C=O) groups is 1. The number of rotatable bonds is 3. The number of halogens is 1. The molecule has 0 bridgehead atoms. The van der Waals surface area contributed by atoms with Gasteiger partial charge in [-0.15, -0.1) is 0 Å². The lowest BCUT2D eigenvalue weighted by Gasteiger charge is -2.01. The predicted molar refractivity (Wildman–Crippen MR) is 83.0 cm³/mol. The van der Waals surface area contributed by atoms with E-state index in [-0.39, 0.29) is 17.4 Å². The van der Waals surface area contributed by atoms with Crippen LogP contribution in [0.2, 0.25) is 0 Å². The van der Waals surface area contributed by atoms with Crippen LogP contribution in [0, 0.1) is 5.82 Å². The topological polar surface area (TPSA) is 77.8 Å². The fraction of sp³-hybridized carbons (Fsp3) is 0. The Bertz CT molecular complexity index is 907. The molecule has 0 atom stereocenters. The number of nitrogens with one attached hydrogen (secondary N) is 3. The Balaban J connectivity index is 1.72. The largest absolute Gasteiger partial charge is 0.323 e. The molecular weight excluding hydrogens is 285 g/mol. The van der Waals surface area contributed by atoms with Crippen LogP contribution >= 0.6 is 0 Å². The summed E-state index contributed by atoms with van der Waals surface area (Å²) < 4.78 is 12.8. The standard InChI is InChI=1S/C16H12FN3O2/c17-11-4-1-10(2-5-11)3-8-15(21)18-12-6-7-13-14(9-12)20-16(22)19-13/h1-9H,(H,18,21)(H2,19,20,22). The van der Waals surface area contributed by atoms with Gasteiger partial charge in [0.2, 0.25) is 5.91 Å². The maximum Gasteiger partial charge on any atom is 0.323 e. The van der Waals surface area contributed by atoms with E-state index in [1.807, 2.05) is 0 Å². The molecule has 6 heteroatoms. The number of imidazole rings is 1. The first-order valence-corrected chi connectivity index (χ1v) is 6.57. The fourth-order valence-electron chi connectivity index (χ4n) is 2.04. The normalized spacial score (nSPS) is 11.1. The summed E-state index contributed by atoms with van der Waals surface area (Å²) in [7, 11) is 0. The number of carbonyl (C=O) groups excluding carboxylic acids is 1. The predicted octanol–water partition coefficient (Wildman–Crippen LogP) is 2.65. The summed E-state index contributed by atoms with van der Waals surface area (Å²) in [6.07, 6.45) is 2.95. The van der Waals surface area contributed by atoms with Crippen molar-refractivity contribution in [3.05, 3.63) is 70.4 Å². The molecule has 5 nitrogen and oxygen atoms in total. The molecule has 0 aliphatic carbocycles. The minimum atomic E-state index is -0.324. The molecule has 1 aromatic heterocycles. The highest BCUT2D eigenvalue weighted by molar-refractivity contribution is 6.02. The Kier molecular flexibility index (Phi) is 3.57. The van der Waals surface area contributed by atoms with E-state index in [4.69, 9.17) is 0 Å². The number of aromatic amines is 2. The summed E-state index contributed by atoms with van der Waals surface area (Å²) in [5, 5.41) is 2.69. The summed E-state index contributed by atoms with van der Waals surface area (Å²) in [6, 6.07) is 10.9. The number of hydrogen-bond donors (Lipinski definition) is 3. The maximum absolute atomic E-state index is 12.8. The molecule has 0 saturated heterocycles. The Hall–Kier alpha value is -3.15. The van der Waals surface area contributed by atoms with Gasteiger partial charge in [-0.25, -0.2) is 9.18 Å². The Morgan fingerprint density at radius 2 is 1.77 bits per heavy atom. The molecule has 22 heavy (non-hydrogen) atoms. The van der Waals surface area contributed by atoms with Gasteiger partial charge in [-0.2, -0.15) is 0 Å². The van der Waals surface area contributed by atoms with E-state index in [9.17, 15) is 14.0 Å². The number of hydrogen-bond acceptors (Lipinski definition) is 2. The van der Waals surface area contributed by atoms with Gasteiger partial charge in [0, 0.05) is 11.8 Å². The number of benzene rings is 2. The minimum Gasteiger partial charge on any atom is -0.322 e. The van der Waals surface area contributed by atoms with Gasteiger partial charge in [0.1, 0.15) is 5.82 Å². The summed E-state index contributed by atoms with van der Waals surface area (Å²) in [5.41, 5.74) is 2.28. The van der Waals surface area contributed by atoms with E-state index in [2.05, 4.69) is 15.3 Å². The average molecular weight is 297 g/mol. The molecule has 1 heterocycles. The molecule has 0 saturated carbocycles. The molecular formula is C16H12FN3O2. The van der Waals surface area contributed by atoms with Crippen LogP contribution in [0.3, 0.4) is 0 Å². The van der Waals surface area contributed by atoms with Crippen molar-refractivity contribution in [2.75, 3.05) is 5.32 Å². The SMILES string of the molecule is O=C(C=Cc1ccc(F)cc1)Nc1ccc2[nH]c(=O)[nH]c2c1. The van der Waals surface area contributed by atoms with E-state index in [1.165, 1.54) is 18.2 Å². The molecule has 2 aromatic carbocycles. The monoisotopic (exact) mass is 297 g/mol. The number of aromatic nitrogens is 2. The van der Waals surface area contributed by atoms with Crippen molar-refractivity contribution in [1.29, 1.82) is 0 Å². The lowest BCUT2D eigenvalue weighted by Crippen LogP contribution is -2.07. The third kappa shape index (κ3) is 3.12. The second-order valence-corrected chi connectivity index (χ2v) is 4.71. The highest BCUT2D eigenvalue weighted by Crippen LogP contribution is 2.14. The van der Waals surface area contributed by atoms with E-state index in [0.717, 1.165) is 5.56 Å². The van der Waals surface area contributed by atoms with Crippen LogP contribution in [-0.4, -0.2) is 15.9 Å². The number of anilines is 1. The van der Waals surface area contributed by atoms with Gasteiger partial charge in [-0.3, -0.25) is 4.79 Å². The first kappa shape index (κ1) is 13.8. The minimum absolute atomic E-state index is 0.297. The Morgan fingerprint density at radius 1 is 1.05 bits per heavy atom. The highest BCUT2D eigenvalue weighted by atomic mass is 19.1. The first-order chi connectivity index (χ1) is 10.6. The van der Waals surface area contributed by atoms with Gasteiger partial charge in [0.05, 0.1) is 11.0 Å². The second-order valence-electron chi connectivity index (χ2n) is 4.71. The van der Waals surface area contributed by atoms with E-state index >= 15 is 0 Å². The lowest BCUT2D eigenvalue weighted by atomic mass is 10.2. The molecule has 3 rings (SSSR count). The Labute approximate surface area is 124 Å². The van der Waals surface area contributed by atoms with Gasteiger partial charge in [-0.1, -0.05) is 12.1 Å². The number of H-pyrrole nitrogens is 2. The van der Waals surface area contributed by atoms with Crippen LogP contribution in [0.15, 0.2) is 53.3 Å². The molecule has 0 spiro atoms. The number of amides is 1. The molecule has 110 valence electrons. The third-order valence-electron chi connectivity index (χ3n) is 3.08. The molecule has 3 N–H and O–H groups in total. The van der Waals surface area contributed by atoms with E-state index in [1.54, 1.807) is 36.4 Å². The van der Waals surface area contributed by atoms with Gasteiger partial charge in [0.25, 0.3) is 0 Å². The zero-order chi connectivity index (χ0) is 15.5. The number of fused-ring (bicyclic) bond motifs is 1. The van der Waals surface area contributed by atoms with Crippen molar-refractivity contribution in [3.63, 3.8) is 0 Å². The summed E-state index contributed by atoms with van der Waals surface area (Å²) >= 11 is 0. The summed E-state index contributed by atoms with van der Waals surface area (Å²) in [5.74, 6) is -0.642. The third-order valence-corrected chi connectivity index (χ3v) is 3.08. The maximum atomic E-state index is 12.8. The van der Waals surface area contributed by atoms with E-state index < -0.39 is 0 Å². The molecule has 0 radical (unpaired) electrons. The summed E-state index contributed by atoms with van der Waals surface area (Å²) in [6.45, 7) is 0. The molecule has 0 unspecified atom stereocenters. The molecule has 0 fully saturated rings. The lowest BCUT2D eigenvalue weighted by molar-refractivity contribution is -0.111. The van der Waals surface area contributed by atoms with Crippen LogP contribution in [0.25, 0.3) is 17.1 Å². The van der Waals surface area contributed by atoms with Crippen molar-refractivity contribution in [3.8, 4) is 0 Å². The van der Waals surface area contributed by atoms with Crippen molar-refractivity contribution >= 4 is 28.7 Å². The van der Waals surface area contributed by atoms with Crippen molar-refractivity contribution < 1.29 is 9.18 Å². The second kappa shape index (κ2) is 5.69. The molecule has 0 aliphatic heterocycles. The van der Waals surface area contributed by atoms with Crippen LogP contribution in [0.4, 0.5) is 10.1 Å². The summed E-state index contributed by atoms with van der Waals surface area (Å²) in [4.78, 5) is 28.3. The van der Waals surface area contributed by atoms with Crippen molar-refractivity contribution in [1.82, 2.24) is 9.97 Å². The quantitative estimate of drug-likeness (QED) is 0.650. The van der Waals surface area contributed by atoms with Crippen molar-refractivity contribution in [2.24, 2.45) is 0 Å².